The number of carboxylic acid groups (broad SMARTS) is 1. The maximum Gasteiger partial charge on any atom is 0.326 e. The molecule has 0 spiro atoms. The van der Waals surface area contributed by atoms with Crippen LogP contribution in [-0.2, 0) is 32.0 Å². The molecule has 0 bridgehead atoms. The number of nitrogens with two attached hydrogens (primary N) is 1. The molecule has 194 valence electrons. The number of aliphatic hydroxyl groups excluding tert-OH is 1. The Balaban J connectivity index is 1.91. The predicted octanol–water partition coefficient (Wildman–Crippen LogP) is -1.24. The quantitative estimate of drug-likeness (QED) is 0.174. The van der Waals surface area contributed by atoms with Crippen LogP contribution in [0.3, 0.4) is 0 Å². The topological polar surface area (TPSA) is 211 Å². The minimum Gasteiger partial charge on any atom is -0.508 e. The molecule has 2 rings (SSSR count). The number of nitrogens with one attached hydrogen (secondary N) is 3. The van der Waals surface area contributed by atoms with Crippen molar-refractivity contribution in [2.45, 2.75) is 43.9 Å². The number of amides is 3. The first kappa shape index (κ1) is 28.1. The van der Waals surface area contributed by atoms with Gasteiger partial charge in [-0.1, -0.05) is 24.3 Å². The van der Waals surface area contributed by atoms with E-state index >= 15 is 0 Å². The van der Waals surface area contributed by atoms with Gasteiger partial charge in [0, 0.05) is 6.42 Å². The minimum absolute atomic E-state index is 0.0119. The Bertz CT molecular complexity index is 1060. The van der Waals surface area contributed by atoms with Gasteiger partial charge in [-0.25, -0.2) is 4.79 Å². The number of hydrogen-bond donors (Lipinski definition) is 8. The fourth-order valence-electron chi connectivity index (χ4n) is 3.20. The second-order valence-electron chi connectivity index (χ2n) is 8.22. The molecule has 9 N–H and O–H groups in total. The highest BCUT2D eigenvalue weighted by Gasteiger charge is 2.28. The summed E-state index contributed by atoms with van der Waals surface area (Å²) in [4.78, 5) is 49.0. The lowest BCUT2D eigenvalue weighted by molar-refractivity contribution is -0.142. The number of aliphatic carboxylic acids is 1. The third-order valence-corrected chi connectivity index (χ3v) is 5.29. The van der Waals surface area contributed by atoms with Crippen LogP contribution in [0.15, 0.2) is 48.5 Å². The van der Waals surface area contributed by atoms with Gasteiger partial charge in [-0.05, 0) is 48.7 Å². The molecule has 0 aliphatic rings. The molecule has 12 heteroatoms. The van der Waals surface area contributed by atoms with E-state index in [1.807, 2.05) is 0 Å². The molecule has 36 heavy (non-hydrogen) atoms. The molecule has 12 nitrogen and oxygen atoms in total. The summed E-state index contributed by atoms with van der Waals surface area (Å²) in [6.07, 6.45) is 0.0541. The molecule has 4 atom stereocenters. The van der Waals surface area contributed by atoms with Gasteiger partial charge >= 0.3 is 5.97 Å². The molecule has 0 aromatic heterocycles. The lowest BCUT2D eigenvalue weighted by atomic mass is 10.1. The van der Waals surface area contributed by atoms with Crippen LogP contribution in [0.4, 0.5) is 0 Å². The molecule has 4 unspecified atom stereocenters. The van der Waals surface area contributed by atoms with E-state index in [9.17, 15) is 39.6 Å². The van der Waals surface area contributed by atoms with E-state index < -0.39 is 54.5 Å². The number of phenols is 2. The van der Waals surface area contributed by atoms with Crippen molar-refractivity contribution in [1.29, 1.82) is 0 Å². The zero-order chi connectivity index (χ0) is 26.8. The van der Waals surface area contributed by atoms with Crippen LogP contribution in [0.5, 0.6) is 11.5 Å². The molecule has 2 aromatic carbocycles. The SMILES string of the molecule is CC(NC(=O)C(CO)NC(=O)C(N)Cc1ccc(O)cc1)C(=O)NC(Cc1ccc(O)cc1)C(=O)O. The van der Waals surface area contributed by atoms with Gasteiger partial charge in [-0.2, -0.15) is 0 Å². The summed E-state index contributed by atoms with van der Waals surface area (Å²) in [5.74, 6) is -3.59. The Hall–Kier alpha value is -4.16. The molecule has 0 saturated carbocycles. The predicted molar refractivity (Wildman–Crippen MR) is 128 cm³/mol. The fourth-order valence-corrected chi connectivity index (χ4v) is 3.20. The summed E-state index contributed by atoms with van der Waals surface area (Å²) in [7, 11) is 0. The normalized spacial score (nSPS) is 14.1. The van der Waals surface area contributed by atoms with Crippen molar-refractivity contribution in [3.05, 3.63) is 59.7 Å². The number of rotatable bonds is 12. The lowest BCUT2D eigenvalue weighted by Gasteiger charge is -2.22. The van der Waals surface area contributed by atoms with E-state index in [4.69, 9.17) is 5.73 Å². The van der Waals surface area contributed by atoms with Crippen LogP contribution >= 0.6 is 0 Å². The van der Waals surface area contributed by atoms with Crippen molar-refractivity contribution in [2.24, 2.45) is 5.73 Å². The highest BCUT2D eigenvalue weighted by molar-refractivity contribution is 5.94. The van der Waals surface area contributed by atoms with Crippen molar-refractivity contribution in [1.82, 2.24) is 16.0 Å². The number of carboxylic acids is 1. The zero-order valence-corrected chi connectivity index (χ0v) is 19.5. The van der Waals surface area contributed by atoms with Gasteiger partial charge in [0.25, 0.3) is 0 Å². The Labute approximate surface area is 207 Å². The van der Waals surface area contributed by atoms with Gasteiger partial charge in [0.2, 0.25) is 17.7 Å². The number of carbonyl (C=O) groups excluding carboxylic acids is 3. The number of benzene rings is 2. The number of carbonyl (C=O) groups is 4. The van der Waals surface area contributed by atoms with Crippen molar-refractivity contribution in [3.8, 4) is 11.5 Å². The maximum absolute atomic E-state index is 12.5. The lowest BCUT2D eigenvalue weighted by Crippen LogP contribution is -2.57. The molecule has 0 saturated heterocycles. The molecule has 0 aliphatic heterocycles. The number of hydrogen-bond acceptors (Lipinski definition) is 8. The summed E-state index contributed by atoms with van der Waals surface area (Å²) in [6.45, 7) is 0.552. The first-order chi connectivity index (χ1) is 17.0. The van der Waals surface area contributed by atoms with Crippen LogP contribution in [0.25, 0.3) is 0 Å². The molecular weight excluding hydrogens is 472 g/mol. The van der Waals surface area contributed by atoms with Crippen LogP contribution in [0, 0.1) is 0 Å². The van der Waals surface area contributed by atoms with Crippen molar-refractivity contribution in [2.75, 3.05) is 6.61 Å². The zero-order valence-electron chi connectivity index (χ0n) is 19.5. The van der Waals surface area contributed by atoms with E-state index in [2.05, 4.69) is 16.0 Å². The van der Waals surface area contributed by atoms with Gasteiger partial charge in [-0.3, -0.25) is 14.4 Å². The van der Waals surface area contributed by atoms with E-state index in [0.29, 0.717) is 11.1 Å². The maximum atomic E-state index is 12.5. The molecular formula is C24H30N4O8. The van der Waals surface area contributed by atoms with Crippen molar-refractivity contribution >= 4 is 23.7 Å². The molecule has 0 radical (unpaired) electrons. The van der Waals surface area contributed by atoms with E-state index in [-0.39, 0.29) is 24.3 Å². The molecule has 2 aromatic rings. The van der Waals surface area contributed by atoms with Gasteiger partial charge in [0.1, 0.15) is 29.6 Å². The van der Waals surface area contributed by atoms with Crippen LogP contribution in [0.1, 0.15) is 18.1 Å². The fraction of sp³-hybridized carbons (Fsp3) is 0.333. The first-order valence-corrected chi connectivity index (χ1v) is 11.1. The van der Waals surface area contributed by atoms with Gasteiger partial charge in [0.15, 0.2) is 0 Å². The summed E-state index contributed by atoms with van der Waals surface area (Å²) >= 11 is 0. The third kappa shape index (κ3) is 8.56. The molecule has 0 aliphatic carbocycles. The highest BCUT2D eigenvalue weighted by Crippen LogP contribution is 2.12. The summed E-state index contributed by atoms with van der Waals surface area (Å²) in [6, 6.07) is 6.94. The van der Waals surface area contributed by atoms with Crippen molar-refractivity contribution in [3.63, 3.8) is 0 Å². The van der Waals surface area contributed by atoms with Crippen molar-refractivity contribution < 1.29 is 39.6 Å². The average molecular weight is 503 g/mol. The van der Waals surface area contributed by atoms with E-state index in [1.165, 1.54) is 43.3 Å². The van der Waals surface area contributed by atoms with Crippen LogP contribution < -0.4 is 21.7 Å². The largest absolute Gasteiger partial charge is 0.508 e. The summed E-state index contributed by atoms with van der Waals surface area (Å²) < 4.78 is 0. The Kier molecular flexibility index (Phi) is 10.2. The average Bonchev–Trinajstić information content (AvgIpc) is 2.84. The monoisotopic (exact) mass is 502 g/mol. The molecule has 0 heterocycles. The second-order valence-corrected chi connectivity index (χ2v) is 8.22. The first-order valence-electron chi connectivity index (χ1n) is 11.1. The second kappa shape index (κ2) is 13.1. The van der Waals surface area contributed by atoms with E-state index in [1.54, 1.807) is 12.1 Å². The van der Waals surface area contributed by atoms with Gasteiger partial charge in [0.05, 0.1) is 12.6 Å². The Morgan fingerprint density at radius 1 is 0.750 bits per heavy atom. The number of aromatic hydroxyl groups is 2. The smallest absolute Gasteiger partial charge is 0.326 e. The highest BCUT2D eigenvalue weighted by atomic mass is 16.4. The van der Waals surface area contributed by atoms with Gasteiger partial charge in [-0.15, -0.1) is 0 Å². The van der Waals surface area contributed by atoms with E-state index in [0.717, 1.165) is 0 Å². The minimum atomic E-state index is -1.40. The molecule has 3 amide bonds. The summed E-state index contributed by atoms with van der Waals surface area (Å²) in [5, 5.41) is 44.6. The molecule has 0 fully saturated rings. The van der Waals surface area contributed by atoms with Gasteiger partial charge < -0.3 is 42.1 Å². The number of aliphatic hydroxyl groups is 1. The Morgan fingerprint density at radius 2 is 1.22 bits per heavy atom. The Morgan fingerprint density at radius 3 is 1.69 bits per heavy atom. The van der Waals surface area contributed by atoms with Crippen LogP contribution in [0.2, 0.25) is 0 Å². The summed E-state index contributed by atoms with van der Waals surface area (Å²) in [5.41, 5.74) is 7.10. The number of phenolic OH excluding ortho intramolecular Hbond substituents is 2. The third-order valence-electron chi connectivity index (χ3n) is 5.29. The van der Waals surface area contributed by atoms with Crippen LogP contribution in [-0.4, -0.2) is 74.9 Å². The standard InChI is InChI=1S/C24H30N4O8/c1-13(21(32)27-19(24(35)36)11-15-4-8-17(31)9-5-15)26-23(34)20(12-29)28-22(33)18(25)10-14-2-6-16(30)7-3-14/h2-9,13,18-20,29-31H,10-12,25H2,1H3,(H,26,34)(H,27,32)(H,28,33)(H,35,36).